The van der Waals surface area contributed by atoms with E-state index in [1.54, 1.807) is 0 Å². The summed E-state index contributed by atoms with van der Waals surface area (Å²) in [5, 5.41) is 0. The molecule has 0 amide bonds. The first kappa shape index (κ1) is 16.3. The third-order valence-electron chi connectivity index (χ3n) is 6.06. The van der Waals surface area contributed by atoms with E-state index in [-0.39, 0.29) is 5.54 Å². The molecule has 0 aromatic rings. The predicted octanol–water partition coefficient (Wildman–Crippen LogP) is 2.70. The Morgan fingerprint density at radius 3 is 2.55 bits per heavy atom. The number of hydrogen-bond donors (Lipinski definition) is 1. The molecule has 2 aliphatic rings. The summed E-state index contributed by atoms with van der Waals surface area (Å²) in [7, 11) is 0. The number of hydrogen-bond acceptors (Lipinski definition) is 3. The lowest BCUT2D eigenvalue weighted by Crippen LogP contribution is -2.62. The van der Waals surface area contributed by atoms with Crippen LogP contribution in [-0.2, 0) is 0 Å². The molecule has 2 N–H and O–H groups in total. The molecule has 0 saturated carbocycles. The van der Waals surface area contributed by atoms with Crippen molar-refractivity contribution in [3.63, 3.8) is 0 Å². The molecule has 0 aliphatic carbocycles. The molecule has 0 aromatic heterocycles. The second-order valence-corrected chi connectivity index (χ2v) is 6.83. The molecule has 0 aromatic carbocycles. The van der Waals surface area contributed by atoms with Crippen molar-refractivity contribution < 1.29 is 0 Å². The van der Waals surface area contributed by atoms with Gasteiger partial charge >= 0.3 is 0 Å². The molecule has 3 heteroatoms. The van der Waals surface area contributed by atoms with E-state index in [9.17, 15) is 0 Å². The van der Waals surface area contributed by atoms with E-state index in [0.717, 1.165) is 25.0 Å². The zero-order valence-electron chi connectivity index (χ0n) is 13.9. The van der Waals surface area contributed by atoms with Gasteiger partial charge in [0.15, 0.2) is 0 Å². The van der Waals surface area contributed by atoms with Gasteiger partial charge in [-0.2, -0.15) is 0 Å². The zero-order chi connectivity index (χ0) is 14.6. The maximum absolute atomic E-state index is 6.34. The van der Waals surface area contributed by atoms with Gasteiger partial charge in [0.2, 0.25) is 0 Å². The topological polar surface area (TPSA) is 32.5 Å². The van der Waals surface area contributed by atoms with Crippen LogP contribution in [0.4, 0.5) is 0 Å². The van der Waals surface area contributed by atoms with E-state index in [1.807, 2.05) is 0 Å². The number of nitrogens with zero attached hydrogens (tertiary/aromatic N) is 2. The number of fused-ring (bicyclic) bond motifs is 1. The van der Waals surface area contributed by atoms with Gasteiger partial charge in [-0.3, -0.25) is 9.80 Å². The summed E-state index contributed by atoms with van der Waals surface area (Å²) in [5.41, 5.74) is 6.60. The first-order valence-corrected chi connectivity index (χ1v) is 8.91. The highest BCUT2D eigenvalue weighted by atomic mass is 15.3. The summed E-state index contributed by atoms with van der Waals surface area (Å²) in [5.74, 6) is 0.830. The highest BCUT2D eigenvalue weighted by Crippen LogP contribution is 2.39. The molecular formula is C17H35N3. The molecule has 0 radical (unpaired) electrons. The maximum atomic E-state index is 6.34. The molecule has 3 nitrogen and oxygen atoms in total. The van der Waals surface area contributed by atoms with Gasteiger partial charge in [-0.15, -0.1) is 0 Å². The van der Waals surface area contributed by atoms with Gasteiger partial charge in [0.1, 0.15) is 0 Å². The second kappa shape index (κ2) is 7.24. The summed E-state index contributed by atoms with van der Waals surface area (Å²) in [6.07, 6.45) is 8.00. The fraction of sp³-hybridized carbons (Fsp3) is 1.00. The molecular weight excluding hydrogens is 246 g/mol. The maximum Gasteiger partial charge on any atom is 0.0498 e. The van der Waals surface area contributed by atoms with Crippen molar-refractivity contribution >= 4 is 0 Å². The van der Waals surface area contributed by atoms with Gasteiger partial charge in [-0.1, -0.05) is 40.0 Å². The van der Waals surface area contributed by atoms with E-state index < -0.39 is 0 Å². The predicted molar refractivity (Wildman–Crippen MR) is 86.9 cm³/mol. The van der Waals surface area contributed by atoms with Crippen LogP contribution in [0, 0.1) is 5.92 Å². The van der Waals surface area contributed by atoms with Crippen LogP contribution in [0.3, 0.4) is 0 Å². The van der Waals surface area contributed by atoms with Crippen LogP contribution < -0.4 is 5.73 Å². The van der Waals surface area contributed by atoms with Crippen LogP contribution in [0.1, 0.15) is 59.3 Å². The van der Waals surface area contributed by atoms with E-state index >= 15 is 0 Å². The van der Waals surface area contributed by atoms with Gasteiger partial charge in [0, 0.05) is 31.2 Å². The standard InChI is InChI=1S/C17H35N3/c1-4-15(5-2)13-20(6-3)17(14-18)10-12-19-11-8-7-9-16(17)19/h15-16H,4-14,18H2,1-3H3. The smallest absolute Gasteiger partial charge is 0.0498 e. The molecule has 2 unspecified atom stereocenters. The number of piperidine rings is 1. The Hall–Kier alpha value is -0.120. The van der Waals surface area contributed by atoms with E-state index in [2.05, 4.69) is 30.6 Å². The summed E-state index contributed by atoms with van der Waals surface area (Å²) in [6.45, 7) is 12.8. The Labute approximate surface area is 125 Å². The van der Waals surface area contributed by atoms with Crippen LogP contribution in [-0.4, -0.2) is 54.1 Å². The summed E-state index contributed by atoms with van der Waals surface area (Å²) < 4.78 is 0. The van der Waals surface area contributed by atoms with Gasteiger partial charge < -0.3 is 5.73 Å². The average molecular weight is 281 g/mol. The highest BCUT2D eigenvalue weighted by molar-refractivity contribution is 5.08. The van der Waals surface area contributed by atoms with Crippen LogP contribution in [0.25, 0.3) is 0 Å². The molecule has 2 atom stereocenters. The Balaban J connectivity index is 2.15. The third kappa shape index (κ3) is 2.90. The number of nitrogens with two attached hydrogens (primary N) is 1. The van der Waals surface area contributed by atoms with Crippen molar-refractivity contribution in [1.82, 2.24) is 9.80 Å². The molecule has 2 heterocycles. The second-order valence-electron chi connectivity index (χ2n) is 6.83. The van der Waals surface area contributed by atoms with Crippen molar-refractivity contribution in [2.45, 2.75) is 70.9 Å². The minimum absolute atomic E-state index is 0.262. The monoisotopic (exact) mass is 281 g/mol. The SMILES string of the molecule is CCC(CC)CN(CC)C1(CN)CCN2CCCCC21. The minimum atomic E-state index is 0.262. The molecule has 2 saturated heterocycles. The van der Waals surface area contributed by atoms with Crippen LogP contribution in [0.2, 0.25) is 0 Å². The molecule has 2 aliphatic heterocycles. The van der Waals surface area contributed by atoms with Crippen molar-refractivity contribution in [3.8, 4) is 0 Å². The Bertz CT molecular complexity index is 290. The van der Waals surface area contributed by atoms with Crippen molar-refractivity contribution in [2.24, 2.45) is 11.7 Å². The lowest BCUT2D eigenvalue weighted by Gasteiger charge is -2.48. The van der Waals surface area contributed by atoms with Crippen LogP contribution in [0.15, 0.2) is 0 Å². The summed E-state index contributed by atoms with van der Waals surface area (Å²) >= 11 is 0. The van der Waals surface area contributed by atoms with Crippen LogP contribution >= 0.6 is 0 Å². The average Bonchev–Trinajstić information content (AvgIpc) is 2.89. The summed E-state index contributed by atoms with van der Waals surface area (Å²) in [6, 6.07) is 0.718. The quantitative estimate of drug-likeness (QED) is 0.779. The molecule has 2 fully saturated rings. The summed E-state index contributed by atoms with van der Waals surface area (Å²) in [4.78, 5) is 5.48. The molecule has 0 bridgehead atoms. The van der Waals surface area contributed by atoms with Crippen LogP contribution in [0.5, 0.6) is 0 Å². The fourth-order valence-electron chi connectivity index (χ4n) is 4.59. The van der Waals surface area contributed by atoms with Gasteiger partial charge in [-0.05, 0) is 38.3 Å². The Morgan fingerprint density at radius 1 is 1.20 bits per heavy atom. The van der Waals surface area contributed by atoms with Gasteiger partial charge in [0.05, 0.1) is 0 Å². The third-order valence-corrected chi connectivity index (χ3v) is 6.06. The van der Waals surface area contributed by atoms with E-state index in [4.69, 9.17) is 5.73 Å². The Kier molecular flexibility index (Phi) is 5.88. The van der Waals surface area contributed by atoms with Crippen molar-refractivity contribution in [1.29, 1.82) is 0 Å². The van der Waals surface area contributed by atoms with Crippen molar-refractivity contribution in [2.75, 3.05) is 32.7 Å². The van der Waals surface area contributed by atoms with Gasteiger partial charge in [0.25, 0.3) is 0 Å². The van der Waals surface area contributed by atoms with Gasteiger partial charge in [-0.25, -0.2) is 0 Å². The van der Waals surface area contributed by atoms with E-state index in [0.29, 0.717) is 0 Å². The van der Waals surface area contributed by atoms with Crippen molar-refractivity contribution in [3.05, 3.63) is 0 Å². The molecule has 20 heavy (non-hydrogen) atoms. The zero-order valence-corrected chi connectivity index (χ0v) is 13.9. The Morgan fingerprint density at radius 2 is 1.95 bits per heavy atom. The molecule has 0 spiro atoms. The number of rotatable bonds is 7. The van der Waals surface area contributed by atoms with E-state index in [1.165, 1.54) is 58.2 Å². The number of likely N-dealkylation sites (N-methyl/N-ethyl adjacent to an activating group) is 1. The lowest BCUT2D eigenvalue weighted by molar-refractivity contribution is 0.0291. The lowest BCUT2D eigenvalue weighted by atomic mass is 9.82. The first-order valence-electron chi connectivity index (χ1n) is 8.91. The molecule has 2 rings (SSSR count). The minimum Gasteiger partial charge on any atom is -0.329 e. The normalized spacial score (nSPS) is 31.2. The highest BCUT2D eigenvalue weighted by Gasteiger charge is 2.50. The fourth-order valence-corrected chi connectivity index (χ4v) is 4.59. The first-order chi connectivity index (χ1) is 9.71. The largest absolute Gasteiger partial charge is 0.329 e. The molecule has 118 valence electrons.